The minimum absolute atomic E-state index is 0.593. The fraction of sp³-hybridized carbons (Fsp3) is 0.143. The van der Waals surface area contributed by atoms with Crippen LogP contribution in [0.25, 0.3) is 5.57 Å². The van der Waals surface area contributed by atoms with Crippen LogP contribution < -0.4 is 5.73 Å². The molecule has 0 saturated heterocycles. The summed E-state index contributed by atoms with van der Waals surface area (Å²) in [5, 5.41) is 0. The Labute approximate surface area is 91.6 Å². The summed E-state index contributed by atoms with van der Waals surface area (Å²) >= 11 is 0. The molecule has 0 radical (unpaired) electrons. The standard InChI is InChI=1S/C14H17N/c1-3-13(10-9-12(2)11-15)14-7-5-4-6-8-14/h3-10H,1,11,15H2,2H3/b12-9+,13-10+. The van der Waals surface area contributed by atoms with Crippen LogP contribution in [0.1, 0.15) is 12.5 Å². The normalized spacial score (nSPS) is 12.7. The maximum Gasteiger partial charge on any atom is 0.0137 e. The minimum Gasteiger partial charge on any atom is -0.327 e. The molecule has 0 saturated carbocycles. The maximum absolute atomic E-state index is 5.52. The Kier molecular flexibility index (Phi) is 4.58. The van der Waals surface area contributed by atoms with Gasteiger partial charge in [-0.15, -0.1) is 0 Å². The summed E-state index contributed by atoms with van der Waals surface area (Å²) in [4.78, 5) is 0. The molecule has 1 heteroatoms. The minimum atomic E-state index is 0.593. The van der Waals surface area contributed by atoms with E-state index >= 15 is 0 Å². The molecule has 0 aliphatic heterocycles. The van der Waals surface area contributed by atoms with E-state index in [2.05, 4.69) is 18.7 Å². The predicted molar refractivity (Wildman–Crippen MR) is 67.4 cm³/mol. The fourth-order valence-electron chi connectivity index (χ4n) is 1.21. The molecular formula is C14H17N. The molecule has 1 aromatic carbocycles. The molecule has 2 N–H and O–H groups in total. The molecule has 0 spiro atoms. The number of hydrogen-bond donors (Lipinski definition) is 1. The van der Waals surface area contributed by atoms with E-state index in [1.54, 1.807) is 0 Å². The summed E-state index contributed by atoms with van der Waals surface area (Å²) in [7, 11) is 0. The fourth-order valence-corrected chi connectivity index (χ4v) is 1.21. The van der Waals surface area contributed by atoms with Gasteiger partial charge in [0.2, 0.25) is 0 Å². The average Bonchev–Trinajstić information content (AvgIpc) is 2.31. The maximum atomic E-state index is 5.52. The quantitative estimate of drug-likeness (QED) is 0.741. The predicted octanol–water partition coefficient (Wildman–Crippen LogP) is 3.16. The molecule has 1 nitrogen and oxygen atoms in total. The van der Waals surface area contributed by atoms with Crippen molar-refractivity contribution in [2.75, 3.05) is 6.54 Å². The molecule has 0 aliphatic carbocycles. The van der Waals surface area contributed by atoms with Crippen molar-refractivity contribution in [2.45, 2.75) is 6.92 Å². The molecule has 0 unspecified atom stereocenters. The van der Waals surface area contributed by atoms with Gasteiger partial charge in [0.25, 0.3) is 0 Å². The van der Waals surface area contributed by atoms with E-state index in [1.165, 1.54) is 5.56 Å². The van der Waals surface area contributed by atoms with Crippen molar-refractivity contribution >= 4 is 5.57 Å². The smallest absolute Gasteiger partial charge is 0.0137 e. The lowest BCUT2D eigenvalue weighted by Crippen LogP contribution is -1.98. The van der Waals surface area contributed by atoms with Crippen LogP contribution in [0.15, 0.2) is 60.7 Å². The lowest BCUT2D eigenvalue weighted by atomic mass is 10.1. The lowest BCUT2D eigenvalue weighted by Gasteiger charge is -2.00. The van der Waals surface area contributed by atoms with E-state index in [-0.39, 0.29) is 0 Å². The first-order valence-corrected chi connectivity index (χ1v) is 5.03. The SMILES string of the molecule is C=C/C(=C\C=C(/C)CN)c1ccccc1. The van der Waals surface area contributed by atoms with Gasteiger partial charge in [-0.3, -0.25) is 0 Å². The van der Waals surface area contributed by atoms with Crippen LogP contribution in [0.3, 0.4) is 0 Å². The molecule has 1 rings (SSSR count). The molecule has 0 amide bonds. The summed E-state index contributed by atoms with van der Waals surface area (Å²) in [5.74, 6) is 0. The van der Waals surface area contributed by atoms with Gasteiger partial charge in [-0.1, -0.05) is 60.7 Å². The van der Waals surface area contributed by atoms with Gasteiger partial charge in [-0.25, -0.2) is 0 Å². The van der Waals surface area contributed by atoms with Crippen molar-refractivity contribution in [3.05, 3.63) is 66.3 Å². The van der Waals surface area contributed by atoms with Crippen LogP contribution in [0.2, 0.25) is 0 Å². The molecule has 0 atom stereocenters. The first-order valence-electron chi connectivity index (χ1n) is 5.03. The summed E-state index contributed by atoms with van der Waals surface area (Å²) in [6.45, 7) is 6.42. The van der Waals surface area contributed by atoms with Crippen molar-refractivity contribution in [1.29, 1.82) is 0 Å². The molecule has 0 bridgehead atoms. The third kappa shape index (κ3) is 3.56. The summed E-state index contributed by atoms with van der Waals surface area (Å²) in [6, 6.07) is 10.2. The third-order valence-corrected chi connectivity index (χ3v) is 2.20. The highest BCUT2D eigenvalue weighted by Gasteiger charge is 1.93. The van der Waals surface area contributed by atoms with Gasteiger partial charge < -0.3 is 5.73 Å². The molecular weight excluding hydrogens is 182 g/mol. The lowest BCUT2D eigenvalue weighted by molar-refractivity contribution is 1.14. The van der Waals surface area contributed by atoms with E-state index < -0.39 is 0 Å². The van der Waals surface area contributed by atoms with Gasteiger partial charge in [0, 0.05) is 6.54 Å². The number of benzene rings is 1. The number of hydrogen-bond acceptors (Lipinski definition) is 1. The van der Waals surface area contributed by atoms with E-state index in [1.807, 2.05) is 43.4 Å². The number of rotatable bonds is 4. The van der Waals surface area contributed by atoms with E-state index in [0.29, 0.717) is 6.54 Å². The Morgan fingerprint density at radius 2 is 1.93 bits per heavy atom. The molecule has 0 fully saturated rings. The van der Waals surface area contributed by atoms with Crippen LogP contribution in [-0.2, 0) is 0 Å². The highest BCUT2D eigenvalue weighted by molar-refractivity contribution is 5.74. The summed E-state index contributed by atoms with van der Waals surface area (Å²) in [5.41, 5.74) is 8.96. The average molecular weight is 199 g/mol. The van der Waals surface area contributed by atoms with Crippen molar-refractivity contribution in [3.8, 4) is 0 Å². The first kappa shape index (κ1) is 11.5. The number of allylic oxidation sites excluding steroid dienone is 4. The highest BCUT2D eigenvalue weighted by Crippen LogP contribution is 2.15. The molecule has 0 heterocycles. The summed E-state index contributed by atoms with van der Waals surface area (Å²) < 4.78 is 0. The monoisotopic (exact) mass is 199 g/mol. The van der Waals surface area contributed by atoms with Gasteiger partial charge in [0.1, 0.15) is 0 Å². The zero-order chi connectivity index (χ0) is 11.1. The van der Waals surface area contributed by atoms with Gasteiger partial charge in [0.05, 0.1) is 0 Å². The van der Waals surface area contributed by atoms with Crippen molar-refractivity contribution in [2.24, 2.45) is 5.73 Å². The van der Waals surface area contributed by atoms with E-state index in [4.69, 9.17) is 5.73 Å². The zero-order valence-electron chi connectivity index (χ0n) is 9.11. The zero-order valence-corrected chi connectivity index (χ0v) is 9.11. The van der Waals surface area contributed by atoms with E-state index in [0.717, 1.165) is 11.1 Å². The first-order chi connectivity index (χ1) is 7.27. The van der Waals surface area contributed by atoms with Crippen molar-refractivity contribution in [3.63, 3.8) is 0 Å². The van der Waals surface area contributed by atoms with Crippen molar-refractivity contribution < 1.29 is 0 Å². The van der Waals surface area contributed by atoms with Gasteiger partial charge in [-0.2, -0.15) is 0 Å². The molecule has 78 valence electrons. The van der Waals surface area contributed by atoms with Gasteiger partial charge in [0.15, 0.2) is 0 Å². The Morgan fingerprint density at radius 1 is 1.27 bits per heavy atom. The Balaban J connectivity index is 2.95. The molecule has 0 aromatic heterocycles. The second-order valence-electron chi connectivity index (χ2n) is 3.41. The van der Waals surface area contributed by atoms with Crippen LogP contribution in [0.5, 0.6) is 0 Å². The Hall–Kier alpha value is -1.60. The molecule has 0 aliphatic rings. The number of nitrogens with two attached hydrogens (primary N) is 1. The Morgan fingerprint density at radius 3 is 2.47 bits per heavy atom. The third-order valence-electron chi connectivity index (χ3n) is 2.20. The van der Waals surface area contributed by atoms with Crippen LogP contribution in [-0.4, -0.2) is 6.54 Å². The second-order valence-corrected chi connectivity index (χ2v) is 3.41. The highest BCUT2D eigenvalue weighted by atomic mass is 14.5. The Bertz CT molecular complexity index is 372. The topological polar surface area (TPSA) is 26.0 Å². The van der Waals surface area contributed by atoms with E-state index in [9.17, 15) is 0 Å². The van der Waals surface area contributed by atoms with Gasteiger partial charge >= 0.3 is 0 Å². The van der Waals surface area contributed by atoms with Crippen LogP contribution >= 0.6 is 0 Å². The molecule has 1 aromatic rings. The van der Waals surface area contributed by atoms with Crippen molar-refractivity contribution in [1.82, 2.24) is 0 Å². The van der Waals surface area contributed by atoms with Crippen LogP contribution in [0.4, 0.5) is 0 Å². The summed E-state index contributed by atoms with van der Waals surface area (Å²) in [6.07, 6.45) is 5.93. The molecule has 15 heavy (non-hydrogen) atoms. The van der Waals surface area contributed by atoms with Gasteiger partial charge in [-0.05, 0) is 18.1 Å². The largest absolute Gasteiger partial charge is 0.327 e. The van der Waals surface area contributed by atoms with Crippen LogP contribution in [0, 0.1) is 0 Å². The second kappa shape index (κ2) is 5.99.